The first-order chi connectivity index (χ1) is 19.2. The van der Waals surface area contributed by atoms with Crippen LogP contribution >= 0.6 is 11.8 Å². The number of ether oxygens (including phenoxy) is 3. The number of rotatable bonds is 8. The summed E-state index contributed by atoms with van der Waals surface area (Å²) < 4.78 is 16.2. The Kier molecular flexibility index (Phi) is 7.03. The molecule has 2 heterocycles. The van der Waals surface area contributed by atoms with Crippen LogP contribution in [0.5, 0.6) is 23.0 Å². The minimum atomic E-state index is -0.815. The van der Waals surface area contributed by atoms with Crippen molar-refractivity contribution in [1.29, 1.82) is 0 Å². The van der Waals surface area contributed by atoms with E-state index in [1.807, 2.05) is 0 Å². The van der Waals surface area contributed by atoms with E-state index in [0.717, 1.165) is 23.1 Å². The standard InChI is InChI=1S/C25H16N4O10S/c30-23(26-15-5-7-20-21(10-15)38-13-37-20)12-27-24(31)22(40-25(27)32)9-14-3-1-2-4-18(14)39-19-8-6-16(28(33)34)11-17(19)29(35)36/h1-11H,12-13H2,(H,26,30)/b22-9+. The van der Waals surface area contributed by atoms with E-state index in [1.165, 1.54) is 12.1 Å². The molecule has 15 heteroatoms. The highest BCUT2D eigenvalue weighted by atomic mass is 32.2. The van der Waals surface area contributed by atoms with Crippen molar-refractivity contribution in [3.8, 4) is 23.0 Å². The van der Waals surface area contributed by atoms with Crippen molar-refractivity contribution in [2.45, 2.75) is 0 Å². The number of para-hydroxylation sites is 1. The second kappa shape index (κ2) is 10.7. The molecule has 0 spiro atoms. The monoisotopic (exact) mass is 564 g/mol. The molecule has 3 amide bonds. The summed E-state index contributed by atoms with van der Waals surface area (Å²) in [6.07, 6.45) is 1.35. The summed E-state index contributed by atoms with van der Waals surface area (Å²) in [7, 11) is 0. The summed E-state index contributed by atoms with van der Waals surface area (Å²) in [5.74, 6) is -0.520. The normalized spacial score (nSPS) is 14.9. The van der Waals surface area contributed by atoms with Gasteiger partial charge in [0.2, 0.25) is 18.4 Å². The highest BCUT2D eigenvalue weighted by Gasteiger charge is 2.36. The number of carbonyl (C=O) groups excluding carboxylic acids is 3. The number of hydrogen-bond donors (Lipinski definition) is 1. The number of nitrogens with one attached hydrogen (secondary N) is 1. The van der Waals surface area contributed by atoms with Crippen LogP contribution < -0.4 is 19.5 Å². The molecule has 0 unspecified atom stereocenters. The number of thioether (sulfide) groups is 1. The maximum Gasteiger partial charge on any atom is 0.318 e. The lowest BCUT2D eigenvalue weighted by atomic mass is 10.1. The SMILES string of the molecule is O=C(CN1C(=O)S/C(=C/c2ccccc2Oc2ccc([N+](=O)[O-])cc2[N+](=O)[O-])C1=O)Nc1ccc2c(c1)OCO2. The van der Waals surface area contributed by atoms with E-state index in [4.69, 9.17) is 14.2 Å². The molecule has 0 radical (unpaired) electrons. The molecule has 1 fully saturated rings. The number of carbonyl (C=O) groups is 3. The molecule has 14 nitrogen and oxygen atoms in total. The number of anilines is 1. The molecular formula is C25H16N4O10S. The molecule has 0 aromatic heterocycles. The van der Waals surface area contributed by atoms with Gasteiger partial charge in [-0.2, -0.15) is 0 Å². The lowest BCUT2D eigenvalue weighted by Crippen LogP contribution is -2.36. The third-order valence-corrected chi connectivity index (χ3v) is 6.51. The Balaban J connectivity index is 1.32. The fourth-order valence-corrected chi connectivity index (χ4v) is 4.58. The number of non-ortho nitro benzene ring substituents is 1. The van der Waals surface area contributed by atoms with Gasteiger partial charge in [0.05, 0.1) is 20.8 Å². The van der Waals surface area contributed by atoms with Crippen LogP contribution in [0.1, 0.15) is 5.56 Å². The zero-order chi connectivity index (χ0) is 28.4. The average Bonchev–Trinajstić information content (AvgIpc) is 3.49. The fourth-order valence-electron chi connectivity index (χ4n) is 3.76. The van der Waals surface area contributed by atoms with E-state index in [9.17, 15) is 34.6 Å². The van der Waals surface area contributed by atoms with Gasteiger partial charge in [-0.25, -0.2) is 0 Å². The second-order valence-electron chi connectivity index (χ2n) is 8.19. The van der Waals surface area contributed by atoms with E-state index < -0.39 is 44.8 Å². The minimum absolute atomic E-state index is 0.00451. The van der Waals surface area contributed by atoms with Gasteiger partial charge in [0.15, 0.2) is 11.5 Å². The fraction of sp³-hybridized carbons (Fsp3) is 0.0800. The zero-order valence-electron chi connectivity index (χ0n) is 20.1. The summed E-state index contributed by atoms with van der Waals surface area (Å²) in [5, 5.41) is 24.4. The van der Waals surface area contributed by atoms with E-state index >= 15 is 0 Å². The van der Waals surface area contributed by atoms with Gasteiger partial charge in [0.1, 0.15) is 12.3 Å². The number of hydrogen-bond acceptors (Lipinski definition) is 11. The summed E-state index contributed by atoms with van der Waals surface area (Å²) in [6, 6.07) is 13.9. The largest absolute Gasteiger partial charge is 0.454 e. The predicted octanol–water partition coefficient (Wildman–Crippen LogP) is 4.70. The summed E-state index contributed by atoms with van der Waals surface area (Å²) >= 11 is 0.613. The molecule has 1 saturated heterocycles. The van der Waals surface area contributed by atoms with Gasteiger partial charge in [-0.05, 0) is 42.1 Å². The quantitative estimate of drug-likeness (QED) is 0.227. The Morgan fingerprint density at radius 3 is 2.55 bits per heavy atom. The van der Waals surface area contributed by atoms with Gasteiger partial charge < -0.3 is 19.5 Å². The molecule has 2 aliphatic rings. The maximum atomic E-state index is 13.0. The Hall–Kier alpha value is -5.44. The third kappa shape index (κ3) is 5.39. The van der Waals surface area contributed by atoms with Gasteiger partial charge in [0.25, 0.3) is 16.8 Å². The third-order valence-electron chi connectivity index (χ3n) is 5.61. The Morgan fingerprint density at radius 1 is 1.00 bits per heavy atom. The predicted molar refractivity (Wildman–Crippen MR) is 140 cm³/mol. The van der Waals surface area contributed by atoms with Crippen LogP contribution in [0.3, 0.4) is 0 Å². The molecule has 2 aliphatic heterocycles. The van der Waals surface area contributed by atoms with Crippen molar-refractivity contribution in [1.82, 2.24) is 4.90 Å². The molecule has 3 aromatic carbocycles. The van der Waals surface area contributed by atoms with Crippen LogP contribution in [0.25, 0.3) is 6.08 Å². The first-order valence-corrected chi connectivity index (χ1v) is 12.2. The molecule has 202 valence electrons. The number of fused-ring (bicyclic) bond motifs is 1. The van der Waals surface area contributed by atoms with Crippen molar-refractivity contribution < 1.29 is 38.4 Å². The van der Waals surface area contributed by atoms with Crippen molar-refractivity contribution >= 4 is 52.0 Å². The molecule has 0 saturated carbocycles. The smallest absolute Gasteiger partial charge is 0.318 e. The number of amides is 3. The number of nitrogens with zero attached hydrogens (tertiary/aromatic N) is 3. The second-order valence-corrected chi connectivity index (χ2v) is 9.18. The summed E-state index contributed by atoms with van der Waals surface area (Å²) in [5.41, 5.74) is -0.421. The van der Waals surface area contributed by atoms with Gasteiger partial charge in [-0.3, -0.25) is 39.5 Å². The van der Waals surface area contributed by atoms with E-state index in [2.05, 4.69) is 5.32 Å². The molecule has 0 atom stereocenters. The summed E-state index contributed by atoms with van der Waals surface area (Å²) in [4.78, 5) is 59.8. The van der Waals surface area contributed by atoms with Crippen LogP contribution in [0.2, 0.25) is 0 Å². The molecule has 40 heavy (non-hydrogen) atoms. The Labute approximate surface area is 228 Å². The van der Waals surface area contributed by atoms with Crippen molar-refractivity contribution in [3.63, 3.8) is 0 Å². The average molecular weight is 564 g/mol. The first-order valence-electron chi connectivity index (χ1n) is 11.3. The topological polar surface area (TPSA) is 180 Å². The van der Waals surface area contributed by atoms with E-state index in [0.29, 0.717) is 34.5 Å². The van der Waals surface area contributed by atoms with E-state index in [1.54, 1.807) is 36.4 Å². The number of imide groups is 1. The number of nitro groups is 2. The lowest BCUT2D eigenvalue weighted by Gasteiger charge is -2.13. The van der Waals surface area contributed by atoms with Gasteiger partial charge in [-0.15, -0.1) is 0 Å². The molecule has 0 bridgehead atoms. The van der Waals surface area contributed by atoms with Crippen molar-refractivity contribution in [2.75, 3.05) is 18.7 Å². The van der Waals surface area contributed by atoms with Crippen molar-refractivity contribution in [2.24, 2.45) is 0 Å². The van der Waals surface area contributed by atoms with Crippen LogP contribution in [0.15, 0.2) is 65.6 Å². The van der Waals surface area contributed by atoms with Gasteiger partial charge in [-0.1, -0.05) is 18.2 Å². The summed E-state index contributed by atoms with van der Waals surface area (Å²) in [6.45, 7) is -0.474. The van der Waals surface area contributed by atoms with Gasteiger partial charge >= 0.3 is 5.69 Å². The van der Waals surface area contributed by atoms with Gasteiger partial charge in [0, 0.05) is 23.4 Å². The first kappa shape index (κ1) is 26.2. The van der Waals surface area contributed by atoms with E-state index in [-0.39, 0.29) is 23.2 Å². The number of nitro benzene ring substituents is 2. The molecular weight excluding hydrogens is 548 g/mol. The minimum Gasteiger partial charge on any atom is -0.454 e. The van der Waals surface area contributed by atoms with Crippen LogP contribution in [0.4, 0.5) is 21.9 Å². The van der Waals surface area contributed by atoms with Crippen LogP contribution in [-0.2, 0) is 9.59 Å². The highest BCUT2D eigenvalue weighted by molar-refractivity contribution is 8.18. The van der Waals surface area contributed by atoms with Crippen molar-refractivity contribution in [3.05, 3.63) is 91.4 Å². The molecule has 0 aliphatic carbocycles. The number of benzene rings is 3. The van der Waals surface area contributed by atoms with Crippen LogP contribution in [0, 0.1) is 20.2 Å². The zero-order valence-corrected chi connectivity index (χ0v) is 20.9. The maximum absolute atomic E-state index is 13.0. The Morgan fingerprint density at radius 2 is 1.77 bits per heavy atom. The molecule has 1 N–H and O–H groups in total. The Bertz CT molecular complexity index is 1620. The lowest BCUT2D eigenvalue weighted by molar-refractivity contribution is -0.394. The highest BCUT2D eigenvalue weighted by Crippen LogP contribution is 2.38. The molecule has 5 rings (SSSR count). The molecule has 3 aromatic rings. The van der Waals surface area contributed by atoms with Crippen LogP contribution in [-0.4, -0.2) is 45.1 Å².